The first-order chi connectivity index (χ1) is 14.2. The molecule has 8 heteroatoms. The third kappa shape index (κ3) is 3.40. The van der Waals surface area contributed by atoms with Crippen LogP contribution in [0.2, 0.25) is 0 Å². The molecule has 0 saturated carbocycles. The van der Waals surface area contributed by atoms with E-state index >= 15 is 0 Å². The summed E-state index contributed by atoms with van der Waals surface area (Å²) in [6.45, 7) is 3.29. The Bertz CT molecular complexity index is 1140. The van der Waals surface area contributed by atoms with Crippen molar-refractivity contribution in [2.75, 3.05) is 13.1 Å². The van der Waals surface area contributed by atoms with Crippen molar-refractivity contribution in [2.45, 2.75) is 25.7 Å². The minimum atomic E-state index is 0.0305. The molecule has 5 rings (SSSR count). The van der Waals surface area contributed by atoms with Gasteiger partial charge in [0.25, 0.3) is 5.91 Å². The Balaban J connectivity index is 1.38. The Labute approximate surface area is 171 Å². The third-order valence-electron chi connectivity index (χ3n) is 5.25. The Morgan fingerprint density at radius 3 is 2.83 bits per heavy atom. The summed E-state index contributed by atoms with van der Waals surface area (Å²) in [5.41, 5.74) is 2.74. The molecule has 1 amide bonds. The number of imidazole rings is 1. The molecule has 3 aromatic heterocycles. The average molecular weight is 404 g/mol. The number of aryl methyl sites for hydroxylation is 1. The highest BCUT2D eigenvalue weighted by Crippen LogP contribution is 2.31. The predicted molar refractivity (Wildman–Crippen MR) is 112 cm³/mol. The molecule has 1 aliphatic heterocycles. The fourth-order valence-electron chi connectivity index (χ4n) is 3.79. The number of piperidine rings is 1. The van der Waals surface area contributed by atoms with Crippen molar-refractivity contribution >= 4 is 28.3 Å². The first-order valence-electron chi connectivity index (χ1n) is 9.68. The molecule has 1 unspecified atom stereocenters. The molecule has 146 valence electrons. The van der Waals surface area contributed by atoms with Gasteiger partial charge in [0.2, 0.25) is 0 Å². The zero-order valence-electron chi connectivity index (χ0n) is 16.0. The van der Waals surface area contributed by atoms with Crippen LogP contribution >= 0.6 is 11.3 Å². The summed E-state index contributed by atoms with van der Waals surface area (Å²) in [6.07, 6.45) is 5.35. The second-order valence-electron chi connectivity index (χ2n) is 7.24. The number of carbonyl (C=O) groups is 1. The monoisotopic (exact) mass is 404 g/mol. The zero-order chi connectivity index (χ0) is 19.8. The fraction of sp³-hybridized carbons (Fsp3) is 0.286. The number of hydrogen-bond donors (Lipinski definition) is 1. The SMILES string of the molecule is Cc1nc(-c2ncccn2)sc1C(=O)N1CCCC(c2nc3ccccc3[nH]2)C1. The van der Waals surface area contributed by atoms with Crippen molar-refractivity contribution < 1.29 is 4.79 Å². The second kappa shape index (κ2) is 7.36. The van der Waals surface area contributed by atoms with E-state index in [0.717, 1.165) is 41.9 Å². The quantitative estimate of drug-likeness (QED) is 0.561. The minimum absolute atomic E-state index is 0.0305. The highest BCUT2D eigenvalue weighted by molar-refractivity contribution is 7.17. The third-order valence-corrected chi connectivity index (χ3v) is 6.39. The van der Waals surface area contributed by atoms with Crippen LogP contribution in [0, 0.1) is 6.92 Å². The van der Waals surface area contributed by atoms with Crippen LogP contribution in [0.1, 0.15) is 39.9 Å². The van der Waals surface area contributed by atoms with Crippen LogP contribution < -0.4 is 0 Å². The molecule has 0 aliphatic carbocycles. The van der Waals surface area contributed by atoms with Crippen molar-refractivity contribution in [2.24, 2.45) is 0 Å². The summed E-state index contributed by atoms with van der Waals surface area (Å²) in [7, 11) is 0. The van der Waals surface area contributed by atoms with E-state index in [1.807, 2.05) is 36.1 Å². The van der Waals surface area contributed by atoms with Gasteiger partial charge in [-0.15, -0.1) is 11.3 Å². The Kier molecular flexibility index (Phi) is 4.55. The summed E-state index contributed by atoms with van der Waals surface area (Å²) in [4.78, 5) is 37.0. The van der Waals surface area contributed by atoms with Crippen LogP contribution in [0.3, 0.4) is 0 Å². The molecule has 1 aromatic carbocycles. The molecule has 1 N–H and O–H groups in total. The van der Waals surface area contributed by atoms with Crippen molar-refractivity contribution in [1.29, 1.82) is 0 Å². The van der Waals surface area contributed by atoms with Gasteiger partial charge in [0, 0.05) is 31.4 Å². The number of likely N-dealkylation sites (tertiary alicyclic amines) is 1. The van der Waals surface area contributed by atoms with Crippen molar-refractivity contribution in [3.63, 3.8) is 0 Å². The maximum absolute atomic E-state index is 13.2. The van der Waals surface area contributed by atoms with Gasteiger partial charge in [-0.3, -0.25) is 4.79 Å². The number of amides is 1. The molecule has 1 atom stereocenters. The number of aromatic nitrogens is 5. The van der Waals surface area contributed by atoms with Gasteiger partial charge in [0.15, 0.2) is 10.8 Å². The highest BCUT2D eigenvalue weighted by atomic mass is 32.1. The number of benzene rings is 1. The van der Waals surface area contributed by atoms with E-state index in [2.05, 4.69) is 19.9 Å². The Morgan fingerprint density at radius 1 is 1.17 bits per heavy atom. The molecule has 29 heavy (non-hydrogen) atoms. The predicted octanol–water partition coefficient (Wildman–Crippen LogP) is 3.80. The summed E-state index contributed by atoms with van der Waals surface area (Å²) in [5.74, 6) is 1.76. The number of thiazole rings is 1. The lowest BCUT2D eigenvalue weighted by molar-refractivity contribution is 0.0709. The smallest absolute Gasteiger partial charge is 0.265 e. The van der Waals surface area contributed by atoms with Crippen LogP contribution in [-0.4, -0.2) is 48.8 Å². The normalized spacial score (nSPS) is 17.0. The van der Waals surface area contributed by atoms with Gasteiger partial charge in [-0.2, -0.15) is 0 Å². The zero-order valence-corrected chi connectivity index (χ0v) is 16.8. The van der Waals surface area contributed by atoms with Crippen LogP contribution in [0.5, 0.6) is 0 Å². The molecule has 1 saturated heterocycles. The Hall–Kier alpha value is -3.13. The number of H-pyrrole nitrogens is 1. The fourth-order valence-corrected chi connectivity index (χ4v) is 4.78. The minimum Gasteiger partial charge on any atom is -0.342 e. The summed E-state index contributed by atoms with van der Waals surface area (Å²) >= 11 is 1.36. The number of para-hydroxylation sites is 2. The second-order valence-corrected chi connectivity index (χ2v) is 8.23. The largest absolute Gasteiger partial charge is 0.342 e. The van der Waals surface area contributed by atoms with Gasteiger partial charge in [0.05, 0.1) is 16.7 Å². The molecule has 0 radical (unpaired) electrons. The van der Waals surface area contributed by atoms with E-state index < -0.39 is 0 Å². The van der Waals surface area contributed by atoms with Crippen LogP contribution in [0.15, 0.2) is 42.7 Å². The Morgan fingerprint density at radius 2 is 2.00 bits per heavy atom. The lowest BCUT2D eigenvalue weighted by atomic mass is 9.97. The lowest BCUT2D eigenvalue weighted by Crippen LogP contribution is -2.39. The van der Waals surface area contributed by atoms with Gasteiger partial charge in [-0.25, -0.2) is 19.9 Å². The number of carbonyl (C=O) groups excluding carboxylic acids is 1. The number of rotatable bonds is 3. The van der Waals surface area contributed by atoms with Crippen LogP contribution in [0.4, 0.5) is 0 Å². The number of nitrogens with zero attached hydrogens (tertiary/aromatic N) is 5. The van der Waals surface area contributed by atoms with Crippen molar-refractivity contribution in [3.05, 3.63) is 59.1 Å². The number of aromatic amines is 1. The van der Waals surface area contributed by atoms with Gasteiger partial charge in [-0.1, -0.05) is 12.1 Å². The first kappa shape index (κ1) is 17.9. The van der Waals surface area contributed by atoms with Crippen molar-refractivity contribution in [1.82, 2.24) is 29.8 Å². The molecule has 0 spiro atoms. The van der Waals surface area contributed by atoms with Gasteiger partial charge in [-0.05, 0) is 38.0 Å². The molecular formula is C21H20N6OS. The molecule has 7 nitrogen and oxygen atoms in total. The molecule has 1 fully saturated rings. The van der Waals surface area contributed by atoms with Crippen LogP contribution in [0.25, 0.3) is 21.9 Å². The van der Waals surface area contributed by atoms with E-state index in [9.17, 15) is 4.79 Å². The summed E-state index contributed by atoms with van der Waals surface area (Å²) in [5, 5.41) is 0.678. The average Bonchev–Trinajstić information content (AvgIpc) is 3.38. The van der Waals surface area contributed by atoms with E-state index in [-0.39, 0.29) is 11.8 Å². The van der Waals surface area contributed by atoms with E-state index in [4.69, 9.17) is 4.98 Å². The number of fused-ring (bicyclic) bond motifs is 1. The van der Waals surface area contributed by atoms with E-state index in [1.165, 1.54) is 11.3 Å². The van der Waals surface area contributed by atoms with Gasteiger partial charge < -0.3 is 9.88 Å². The molecule has 1 aliphatic rings. The van der Waals surface area contributed by atoms with Gasteiger partial charge in [0.1, 0.15) is 10.7 Å². The highest BCUT2D eigenvalue weighted by Gasteiger charge is 2.29. The summed E-state index contributed by atoms with van der Waals surface area (Å²) in [6, 6.07) is 9.80. The van der Waals surface area contributed by atoms with E-state index in [0.29, 0.717) is 22.3 Å². The standard InChI is InChI=1S/C21H20N6OS/c1-13-17(29-20(24-13)19-22-9-5-10-23-19)21(28)27-11-4-6-14(12-27)18-25-15-7-2-3-8-16(15)26-18/h2-3,5,7-10,14H,4,6,11-12H2,1H3,(H,25,26). The maximum atomic E-state index is 13.2. The molecule has 0 bridgehead atoms. The first-order valence-corrected chi connectivity index (χ1v) is 10.5. The number of hydrogen-bond acceptors (Lipinski definition) is 6. The maximum Gasteiger partial charge on any atom is 0.265 e. The molecular weight excluding hydrogens is 384 g/mol. The topological polar surface area (TPSA) is 87.7 Å². The van der Waals surface area contributed by atoms with Crippen LogP contribution in [-0.2, 0) is 0 Å². The summed E-state index contributed by atoms with van der Waals surface area (Å²) < 4.78 is 0. The number of nitrogens with one attached hydrogen (secondary N) is 1. The lowest BCUT2D eigenvalue weighted by Gasteiger charge is -2.31. The molecule has 4 heterocycles. The van der Waals surface area contributed by atoms with E-state index in [1.54, 1.807) is 18.5 Å². The van der Waals surface area contributed by atoms with Crippen molar-refractivity contribution in [3.8, 4) is 10.8 Å². The van der Waals surface area contributed by atoms with Gasteiger partial charge >= 0.3 is 0 Å². The molecule has 4 aromatic rings.